The summed E-state index contributed by atoms with van der Waals surface area (Å²) in [5.74, 6) is -0.162. The molecule has 0 radical (unpaired) electrons. The molecule has 0 bridgehead atoms. The Morgan fingerprint density at radius 3 is 2.83 bits per heavy atom. The van der Waals surface area contributed by atoms with Gasteiger partial charge in [-0.2, -0.15) is 0 Å². The fourth-order valence-corrected chi connectivity index (χ4v) is 3.93. The topological polar surface area (TPSA) is 58.4 Å². The number of nitrogens with one attached hydrogen (secondary N) is 1. The molecule has 1 N–H and O–H groups in total. The van der Waals surface area contributed by atoms with Crippen molar-refractivity contribution in [3.8, 4) is 0 Å². The molecule has 0 spiro atoms. The second-order valence-electron chi connectivity index (χ2n) is 6.38. The summed E-state index contributed by atoms with van der Waals surface area (Å²) < 4.78 is 4.80. The van der Waals surface area contributed by atoms with Gasteiger partial charge in [0.15, 0.2) is 5.69 Å². The van der Waals surface area contributed by atoms with Crippen molar-refractivity contribution in [2.75, 3.05) is 13.1 Å². The molecule has 1 saturated heterocycles. The van der Waals surface area contributed by atoms with E-state index in [2.05, 4.69) is 39.6 Å². The molecule has 1 aliphatic heterocycles. The van der Waals surface area contributed by atoms with E-state index in [9.17, 15) is 4.79 Å². The zero-order valence-electron chi connectivity index (χ0n) is 13.1. The molecule has 1 amide bonds. The maximum absolute atomic E-state index is 12.5. The first-order valence-electron chi connectivity index (χ1n) is 8.36. The zero-order valence-corrected chi connectivity index (χ0v) is 13.1. The summed E-state index contributed by atoms with van der Waals surface area (Å²) in [6.07, 6.45) is 6.10. The van der Waals surface area contributed by atoms with Crippen LogP contribution in [-0.2, 0) is 6.42 Å². The van der Waals surface area contributed by atoms with Gasteiger partial charge < -0.3 is 9.84 Å². The fraction of sp³-hybridized carbons (Fsp3) is 0.444. The van der Waals surface area contributed by atoms with Crippen molar-refractivity contribution in [1.29, 1.82) is 0 Å². The van der Waals surface area contributed by atoms with Crippen LogP contribution in [0.5, 0.6) is 0 Å². The van der Waals surface area contributed by atoms with Gasteiger partial charge in [-0.3, -0.25) is 9.69 Å². The standard InChI is InChI=1S/C18H21N3O2/c22-18(15-9-12-23-20-15)19-17-14-6-2-1-5-13(14)7-8-16(17)21-10-3-4-11-21/h1-2,5-6,9,12,16-17H,3-4,7-8,10-11H2,(H,19,22)/t16-,17+/m0/s1. The number of hydrogen-bond donors (Lipinski definition) is 1. The highest BCUT2D eigenvalue weighted by atomic mass is 16.5. The number of aryl methyl sites for hydroxylation is 1. The second-order valence-corrected chi connectivity index (χ2v) is 6.38. The molecule has 5 heteroatoms. The zero-order chi connectivity index (χ0) is 15.6. The molecule has 2 aliphatic rings. The van der Waals surface area contributed by atoms with Crippen molar-refractivity contribution < 1.29 is 9.32 Å². The Morgan fingerprint density at radius 1 is 1.22 bits per heavy atom. The van der Waals surface area contributed by atoms with Gasteiger partial charge in [0, 0.05) is 12.1 Å². The number of hydrogen-bond acceptors (Lipinski definition) is 4. The van der Waals surface area contributed by atoms with Crippen molar-refractivity contribution in [1.82, 2.24) is 15.4 Å². The molecule has 0 unspecified atom stereocenters. The van der Waals surface area contributed by atoms with E-state index in [-0.39, 0.29) is 11.9 Å². The molecule has 2 atom stereocenters. The van der Waals surface area contributed by atoms with Crippen LogP contribution in [0.15, 0.2) is 41.1 Å². The summed E-state index contributed by atoms with van der Waals surface area (Å²) in [6.45, 7) is 2.26. The van der Waals surface area contributed by atoms with E-state index in [0.29, 0.717) is 11.7 Å². The highest BCUT2D eigenvalue weighted by molar-refractivity contribution is 5.92. The predicted octanol–water partition coefficient (Wildman–Crippen LogP) is 2.56. The minimum absolute atomic E-state index is 0.0160. The van der Waals surface area contributed by atoms with Crippen LogP contribution in [0.3, 0.4) is 0 Å². The first-order valence-corrected chi connectivity index (χ1v) is 8.36. The summed E-state index contributed by atoms with van der Waals surface area (Å²) >= 11 is 0. The molecule has 23 heavy (non-hydrogen) atoms. The summed E-state index contributed by atoms with van der Waals surface area (Å²) in [6, 6.07) is 10.4. The van der Waals surface area contributed by atoms with Crippen LogP contribution >= 0.6 is 0 Å². The smallest absolute Gasteiger partial charge is 0.273 e. The molecule has 2 heterocycles. The van der Waals surface area contributed by atoms with Crippen LogP contribution in [-0.4, -0.2) is 35.1 Å². The van der Waals surface area contributed by atoms with E-state index in [1.165, 1.54) is 30.2 Å². The Kier molecular flexibility index (Phi) is 3.87. The third-order valence-corrected chi connectivity index (χ3v) is 5.05. The van der Waals surface area contributed by atoms with Crippen molar-refractivity contribution in [2.24, 2.45) is 0 Å². The van der Waals surface area contributed by atoms with Gasteiger partial charge in [-0.05, 0) is 49.9 Å². The maximum Gasteiger partial charge on any atom is 0.273 e. The van der Waals surface area contributed by atoms with Gasteiger partial charge in [0.2, 0.25) is 0 Å². The van der Waals surface area contributed by atoms with E-state index in [1.807, 2.05) is 0 Å². The molecular formula is C18H21N3O2. The summed E-state index contributed by atoms with van der Waals surface area (Å²) in [5.41, 5.74) is 2.93. The lowest BCUT2D eigenvalue weighted by Crippen LogP contribution is -2.47. The number of carbonyl (C=O) groups is 1. The summed E-state index contributed by atoms with van der Waals surface area (Å²) in [4.78, 5) is 15.0. The number of nitrogens with zero attached hydrogens (tertiary/aromatic N) is 2. The van der Waals surface area contributed by atoms with Crippen molar-refractivity contribution in [2.45, 2.75) is 37.8 Å². The summed E-state index contributed by atoms with van der Waals surface area (Å²) in [7, 11) is 0. The number of benzene rings is 1. The summed E-state index contributed by atoms with van der Waals surface area (Å²) in [5, 5.41) is 6.96. The number of amides is 1. The van der Waals surface area contributed by atoms with Gasteiger partial charge in [-0.1, -0.05) is 29.4 Å². The van der Waals surface area contributed by atoms with E-state index < -0.39 is 0 Å². The average Bonchev–Trinajstić information content (AvgIpc) is 3.29. The lowest BCUT2D eigenvalue weighted by molar-refractivity contribution is 0.0877. The second kappa shape index (κ2) is 6.16. The third-order valence-electron chi connectivity index (χ3n) is 5.05. The lowest BCUT2D eigenvalue weighted by atomic mass is 9.83. The maximum atomic E-state index is 12.5. The van der Waals surface area contributed by atoms with Crippen molar-refractivity contribution >= 4 is 5.91 Å². The Labute approximate surface area is 135 Å². The van der Waals surface area contributed by atoms with E-state index in [1.54, 1.807) is 6.07 Å². The largest absolute Gasteiger partial charge is 0.364 e. The molecule has 0 saturated carbocycles. The van der Waals surface area contributed by atoms with Crippen LogP contribution < -0.4 is 5.32 Å². The van der Waals surface area contributed by atoms with Gasteiger partial charge in [0.25, 0.3) is 5.91 Å². The van der Waals surface area contributed by atoms with Gasteiger partial charge in [0.1, 0.15) is 6.26 Å². The lowest BCUT2D eigenvalue weighted by Gasteiger charge is -2.39. The SMILES string of the molecule is O=C(N[C@@H]1c2ccccc2CC[C@@H]1N1CCCC1)c1ccon1. The molecule has 1 aromatic carbocycles. The molecule has 1 aliphatic carbocycles. The average molecular weight is 311 g/mol. The van der Waals surface area contributed by atoms with Crippen LogP contribution in [0.2, 0.25) is 0 Å². The minimum atomic E-state index is -0.162. The number of aromatic nitrogens is 1. The molecule has 5 nitrogen and oxygen atoms in total. The monoisotopic (exact) mass is 311 g/mol. The quantitative estimate of drug-likeness (QED) is 0.946. The molecule has 1 aromatic heterocycles. The molecular weight excluding hydrogens is 290 g/mol. The third kappa shape index (κ3) is 2.77. The first kappa shape index (κ1) is 14.5. The highest BCUT2D eigenvalue weighted by Crippen LogP contribution is 2.34. The van der Waals surface area contributed by atoms with Gasteiger partial charge >= 0.3 is 0 Å². The Bertz CT molecular complexity index is 677. The Hall–Kier alpha value is -2.14. The molecule has 1 fully saturated rings. The normalized spacial score (nSPS) is 24.3. The minimum Gasteiger partial charge on any atom is -0.364 e. The van der Waals surface area contributed by atoms with Gasteiger partial charge in [0.05, 0.1) is 6.04 Å². The first-order chi connectivity index (χ1) is 11.3. The molecule has 2 aromatic rings. The van der Waals surface area contributed by atoms with Crippen molar-refractivity contribution in [3.05, 3.63) is 53.4 Å². The molecule has 4 rings (SSSR count). The van der Waals surface area contributed by atoms with Gasteiger partial charge in [-0.15, -0.1) is 0 Å². The number of likely N-dealkylation sites (tertiary alicyclic amines) is 1. The van der Waals surface area contributed by atoms with Crippen LogP contribution in [0.25, 0.3) is 0 Å². The predicted molar refractivity (Wildman–Crippen MR) is 86.1 cm³/mol. The Morgan fingerprint density at radius 2 is 2.04 bits per heavy atom. The Balaban J connectivity index is 1.64. The van der Waals surface area contributed by atoms with E-state index in [4.69, 9.17) is 4.52 Å². The van der Waals surface area contributed by atoms with Crippen LogP contribution in [0.4, 0.5) is 0 Å². The van der Waals surface area contributed by atoms with Crippen LogP contribution in [0.1, 0.15) is 46.9 Å². The van der Waals surface area contributed by atoms with Crippen LogP contribution in [0, 0.1) is 0 Å². The number of fused-ring (bicyclic) bond motifs is 1. The molecule has 120 valence electrons. The van der Waals surface area contributed by atoms with Crippen molar-refractivity contribution in [3.63, 3.8) is 0 Å². The van der Waals surface area contributed by atoms with Gasteiger partial charge in [-0.25, -0.2) is 0 Å². The number of rotatable bonds is 3. The van der Waals surface area contributed by atoms with E-state index in [0.717, 1.165) is 25.9 Å². The highest BCUT2D eigenvalue weighted by Gasteiger charge is 2.35. The fourth-order valence-electron chi connectivity index (χ4n) is 3.93. The number of carbonyl (C=O) groups excluding carboxylic acids is 1. The van der Waals surface area contributed by atoms with E-state index >= 15 is 0 Å².